The summed E-state index contributed by atoms with van der Waals surface area (Å²) in [5, 5.41) is 3.86. The molecule has 3 aromatic carbocycles. The average Bonchev–Trinajstić information content (AvgIpc) is 3.27. The molecule has 182 valence electrons. The number of aromatic amines is 1. The number of methoxy groups -OCH3 is 2. The van der Waals surface area contributed by atoms with Gasteiger partial charge in [-0.05, 0) is 42.5 Å². The molecule has 0 bridgehead atoms. The lowest BCUT2D eigenvalue weighted by molar-refractivity contribution is -0.113. The number of benzene rings is 3. The lowest BCUT2D eigenvalue weighted by atomic mass is 10.2. The summed E-state index contributed by atoms with van der Waals surface area (Å²) in [4.78, 5) is 34.3. The van der Waals surface area contributed by atoms with E-state index in [4.69, 9.17) is 14.5 Å². The van der Waals surface area contributed by atoms with Crippen molar-refractivity contribution in [2.45, 2.75) is 5.16 Å². The topological polar surface area (TPSA) is 98.2 Å². The van der Waals surface area contributed by atoms with E-state index in [9.17, 15) is 14.0 Å². The molecule has 2 aromatic heterocycles. The zero-order valence-electron chi connectivity index (χ0n) is 19.4. The molecule has 0 saturated heterocycles. The van der Waals surface area contributed by atoms with Crippen molar-refractivity contribution >= 4 is 45.3 Å². The number of halogens is 1. The molecule has 36 heavy (non-hydrogen) atoms. The van der Waals surface area contributed by atoms with Gasteiger partial charge in [-0.1, -0.05) is 30.0 Å². The number of H-pyrrole nitrogens is 1. The first-order valence-corrected chi connectivity index (χ1v) is 11.9. The first-order valence-electron chi connectivity index (χ1n) is 10.9. The Morgan fingerprint density at radius 2 is 1.81 bits per heavy atom. The molecule has 0 fully saturated rings. The Hall–Kier alpha value is -4.31. The number of anilines is 1. The summed E-state index contributed by atoms with van der Waals surface area (Å²) in [5.41, 5.74) is 2.32. The molecule has 0 unspecified atom stereocenters. The number of rotatable bonds is 7. The lowest BCUT2D eigenvalue weighted by Gasteiger charge is -2.14. The van der Waals surface area contributed by atoms with E-state index in [1.54, 1.807) is 18.2 Å². The second kappa shape index (κ2) is 9.74. The highest BCUT2D eigenvalue weighted by Crippen LogP contribution is 2.31. The fraction of sp³-hybridized carbons (Fsp3) is 0.115. The third kappa shape index (κ3) is 4.38. The van der Waals surface area contributed by atoms with Crippen molar-refractivity contribution in [1.29, 1.82) is 0 Å². The molecule has 2 heterocycles. The van der Waals surface area contributed by atoms with Crippen molar-refractivity contribution in [3.8, 4) is 17.2 Å². The van der Waals surface area contributed by atoms with Crippen LogP contribution in [0.15, 0.2) is 76.7 Å². The maximum Gasteiger partial charge on any atom is 0.283 e. The molecule has 0 spiro atoms. The summed E-state index contributed by atoms with van der Waals surface area (Å²) in [6, 6.07) is 18.1. The normalized spacial score (nSPS) is 11.1. The first kappa shape index (κ1) is 23.4. The number of para-hydroxylation sites is 1. The largest absolute Gasteiger partial charge is 0.493 e. The summed E-state index contributed by atoms with van der Waals surface area (Å²) in [7, 11) is 3.04. The van der Waals surface area contributed by atoms with Crippen LogP contribution in [0.3, 0.4) is 0 Å². The summed E-state index contributed by atoms with van der Waals surface area (Å²) < 4.78 is 25.4. The third-order valence-corrected chi connectivity index (χ3v) is 6.52. The van der Waals surface area contributed by atoms with Gasteiger partial charge in [0.1, 0.15) is 16.9 Å². The van der Waals surface area contributed by atoms with Crippen LogP contribution in [0.5, 0.6) is 11.5 Å². The van der Waals surface area contributed by atoms with Crippen LogP contribution in [-0.2, 0) is 4.79 Å². The SMILES string of the molecule is COc1ccc(-n2c(SCC(=O)Nc3ccc(F)cc3)nc3c([nH]c4ccccc43)c2=O)cc1OC. The second-order valence-electron chi connectivity index (χ2n) is 7.81. The van der Waals surface area contributed by atoms with E-state index in [1.807, 2.05) is 24.3 Å². The Bertz CT molecular complexity index is 1650. The minimum absolute atomic E-state index is 0.0228. The van der Waals surface area contributed by atoms with Gasteiger partial charge >= 0.3 is 0 Å². The van der Waals surface area contributed by atoms with Gasteiger partial charge in [0.2, 0.25) is 5.91 Å². The number of amides is 1. The number of hydrogen-bond donors (Lipinski definition) is 2. The van der Waals surface area contributed by atoms with Crippen LogP contribution in [-0.4, -0.2) is 40.4 Å². The molecule has 8 nitrogen and oxygen atoms in total. The number of thioether (sulfide) groups is 1. The molecular formula is C26H21FN4O4S. The highest BCUT2D eigenvalue weighted by Gasteiger charge is 2.19. The van der Waals surface area contributed by atoms with Crippen LogP contribution in [0, 0.1) is 5.82 Å². The fourth-order valence-corrected chi connectivity index (χ4v) is 4.70. The maximum absolute atomic E-state index is 13.7. The van der Waals surface area contributed by atoms with Gasteiger partial charge in [-0.3, -0.25) is 14.2 Å². The van der Waals surface area contributed by atoms with Crippen LogP contribution in [0.25, 0.3) is 27.6 Å². The van der Waals surface area contributed by atoms with Crippen LogP contribution >= 0.6 is 11.8 Å². The number of carbonyl (C=O) groups excluding carboxylic acids is 1. The summed E-state index contributed by atoms with van der Waals surface area (Å²) in [6.45, 7) is 0. The minimum atomic E-state index is -0.391. The van der Waals surface area contributed by atoms with Gasteiger partial charge < -0.3 is 19.8 Å². The monoisotopic (exact) mass is 504 g/mol. The quantitative estimate of drug-likeness (QED) is 0.245. The smallest absolute Gasteiger partial charge is 0.283 e. The van der Waals surface area contributed by atoms with Crippen LogP contribution < -0.4 is 20.3 Å². The van der Waals surface area contributed by atoms with Crippen molar-refractivity contribution < 1.29 is 18.7 Å². The van der Waals surface area contributed by atoms with E-state index in [2.05, 4.69) is 10.3 Å². The number of ether oxygens (including phenoxy) is 2. The number of fused-ring (bicyclic) bond motifs is 3. The van der Waals surface area contributed by atoms with Crippen molar-refractivity contribution in [2.75, 3.05) is 25.3 Å². The van der Waals surface area contributed by atoms with Crippen molar-refractivity contribution in [3.05, 3.63) is 82.9 Å². The van der Waals surface area contributed by atoms with E-state index >= 15 is 0 Å². The summed E-state index contributed by atoms with van der Waals surface area (Å²) in [6.07, 6.45) is 0. The Morgan fingerprint density at radius 1 is 1.06 bits per heavy atom. The van der Waals surface area contributed by atoms with E-state index in [-0.39, 0.29) is 17.2 Å². The van der Waals surface area contributed by atoms with Crippen molar-refractivity contribution in [2.24, 2.45) is 0 Å². The lowest BCUT2D eigenvalue weighted by Crippen LogP contribution is -2.23. The Labute approximate surface area is 209 Å². The summed E-state index contributed by atoms with van der Waals surface area (Å²) >= 11 is 1.12. The molecule has 5 rings (SSSR count). The fourth-order valence-electron chi connectivity index (χ4n) is 3.89. The van der Waals surface area contributed by atoms with Gasteiger partial charge in [0.05, 0.1) is 25.7 Å². The van der Waals surface area contributed by atoms with E-state index in [1.165, 1.54) is 43.1 Å². The molecule has 1 amide bonds. The minimum Gasteiger partial charge on any atom is -0.493 e. The van der Waals surface area contributed by atoms with Gasteiger partial charge in [0.15, 0.2) is 16.7 Å². The molecule has 5 aromatic rings. The molecule has 0 aliphatic heterocycles. The predicted molar refractivity (Wildman–Crippen MR) is 138 cm³/mol. The zero-order chi connectivity index (χ0) is 25.2. The van der Waals surface area contributed by atoms with Crippen LogP contribution in [0.1, 0.15) is 0 Å². The van der Waals surface area contributed by atoms with Gasteiger partial charge in [-0.25, -0.2) is 9.37 Å². The molecule has 0 atom stereocenters. The molecular weight excluding hydrogens is 483 g/mol. The van der Waals surface area contributed by atoms with Gasteiger partial charge in [0, 0.05) is 22.7 Å². The molecule has 0 radical (unpaired) electrons. The maximum atomic E-state index is 13.7. The standard InChI is InChI=1S/C26H21FN4O4S/c1-34-20-12-11-17(13-21(20)35-2)31-25(33)24-23(18-5-3-4-6-19(18)29-24)30-26(31)36-14-22(32)28-16-9-7-15(27)8-10-16/h3-13,29H,14H2,1-2H3,(H,28,32). The third-order valence-electron chi connectivity index (χ3n) is 5.58. The molecule has 0 aliphatic carbocycles. The Balaban J connectivity index is 1.58. The number of nitrogens with zero attached hydrogens (tertiary/aromatic N) is 2. The van der Waals surface area contributed by atoms with Gasteiger partial charge in [-0.15, -0.1) is 0 Å². The van der Waals surface area contributed by atoms with Gasteiger partial charge in [-0.2, -0.15) is 0 Å². The highest BCUT2D eigenvalue weighted by atomic mass is 32.2. The zero-order valence-corrected chi connectivity index (χ0v) is 20.2. The van der Waals surface area contributed by atoms with Crippen LogP contribution in [0.2, 0.25) is 0 Å². The van der Waals surface area contributed by atoms with Crippen LogP contribution in [0.4, 0.5) is 10.1 Å². The van der Waals surface area contributed by atoms with E-state index in [0.717, 1.165) is 22.7 Å². The van der Waals surface area contributed by atoms with Crippen molar-refractivity contribution in [1.82, 2.24) is 14.5 Å². The number of carbonyl (C=O) groups is 1. The number of aromatic nitrogens is 3. The van der Waals surface area contributed by atoms with Crippen molar-refractivity contribution in [3.63, 3.8) is 0 Å². The Kier molecular flexibility index (Phi) is 6.34. The number of hydrogen-bond acceptors (Lipinski definition) is 6. The van der Waals surface area contributed by atoms with E-state index in [0.29, 0.717) is 39.1 Å². The molecule has 0 aliphatic rings. The second-order valence-corrected chi connectivity index (χ2v) is 8.75. The van der Waals surface area contributed by atoms with Gasteiger partial charge in [0.25, 0.3) is 5.56 Å². The van der Waals surface area contributed by atoms with E-state index < -0.39 is 5.82 Å². The predicted octanol–water partition coefficient (Wildman–Crippen LogP) is 4.75. The Morgan fingerprint density at radius 3 is 2.56 bits per heavy atom. The molecule has 10 heteroatoms. The summed E-state index contributed by atoms with van der Waals surface area (Å²) in [5.74, 6) is 0.229. The first-order chi connectivity index (χ1) is 17.5. The number of nitrogens with one attached hydrogen (secondary N) is 2. The average molecular weight is 505 g/mol. The molecule has 0 saturated carbocycles. The molecule has 2 N–H and O–H groups in total. The highest BCUT2D eigenvalue weighted by molar-refractivity contribution is 7.99.